The Balaban J connectivity index is 1.95. The summed E-state index contributed by atoms with van der Waals surface area (Å²) in [5.74, 6) is 0.103. The molecule has 22 heavy (non-hydrogen) atoms. The summed E-state index contributed by atoms with van der Waals surface area (Å²) in [6.07, 6.45) is 0. The van der Waals surface area contributed by atoms with Crippen molar-refractivity contribution in [2.75, 3.05) is 0 Å². The molecule has 4 heteroatoms. The van der Waals surface area contributed by atoms with Crippen molar-refractivity contribution in [3.05, 3.63) is 58.6 Å². The number of carbonyl (C=O) groups excluding carboxylic acids is 1. The monoisotopic (exact) mass is 311 g/mol. The normalized spacial score (nSPS) is 11.8. The molecule has 0 saturated heterocycles. The molecule has 3 aromatic rings. The first kappa shape index (κ1) is 14.7. The number of aromatic hydroxyl groups is 1. The molecule has 0 spiro atoms. The molecule has 0 unspecified atom stereocenters. The standard InChI is InChI=1S/C18H17NO2S/c1-18(2,3)12-6-4-11(5-7-12)16(21)17-19-14-9-8-13(20)10-15(14)22-17/h4-10,20H,1-3H3. The van der Waals surface area contributed by atoms with Gasteiger partial charge in [-0.05, 0) is 29.2 Å². The highest BCUT2D eigenvalue weighted by molar-refractivity contribution is 7.20. The fourth-order valence-electron chi connectivity index (χ4n) is 2.26. The van der Waals surface area contributed by atoms with E-state index in [4.69, 9.17) is 0 Å². The Labute approximate surface area is 133 Å². The minimum Gasteiger partial charge on any atom is -0.508 e. The van der Waals surface area contributed by atoms with Crippen molar-refractivity contribution in [2.45, 2.75) is 26.2 Å². The van der Waals surface area contributed by atoms with Crippen molar-refractivity contribution in [3.8, 4) is 5.75 Å². The number of hydrogen-bond acceptors (Lipinski definition) is 4. The Morgan fingerprint density at radius 2 is 1.77 bits per heavy atom. The highest BCUT2D eigenvalue weighted by atomic mass is 32.1. The summed E-state index contributed by atoms with van der Waals surface area (Å²) >= 11 is 1.30. The molecular formula is C18H17NO2S. The van der Waals surface area contributed by atoms with E-state index in [1.807, 2.05) is 24.3 Å². The third kappa shape index (κ3) is 2.74. The van der Waals surface area contributed by atoms with Crippen LogP contribution < -0.4 is 0 Å². The summed E-state index contributed by atoms with van der Waals surface area (Å²) in [7, 11) is 0. The molecule has 1 aromatic heterocycles. The molecule has 0 aliphatic heterocycles. The van der Waals surface area contributed by atoms with Gasteiger partial charge < -0.3 is 5.11 Å². The SMILES string of the molecule is CC(C)(C)c1ccc(C(=O)c2nc3ccc(O)cc3s2)cc1. The van der Waals surface area contributed by atoms with E-state index in [0.29, 0.717) is 10.6 Å². The molecule has 1 heterocycles. The van der Waals surface area contributed by atoms with E-state index in [1.54, 1.807) is 18.2 Å². The Morgan fingerprint density at radius 1 is 1.09 bits per heavy atom. The van der Waals surface area contributed by atoms with E-state index in [2.05, 4.69) is 25.8 Å². The van der Waals surface area contributed by atoms with Crippen LogP contribution >= 0.6 is 11.3 Å². The molecule has 0 radical (unpaired) electrons. The van der Waals surface area contributed by atoms with E-state index in [9.17, 15) is 9.90 Å². The number of fused-ring (bicyclic) bond motifs is 1. The molecule has 3 rings (SSSR count). The van der Waals surface area contributed by atoms with Crippen LogP contribution in [0.4, 0.5) is 0 Å². The number of aromatic nitrogens is 1. The van der Waals surface area contributed by atoms with Gasteiger partial charge in [0.1, 0.15) is 5.75 Å². The molecule has 0 amide bonds. The minimum absolute atomic E-state index is 0.0645. The van der Waals surface area contributed by atoms with Crippen LogP contribution in [-0.2, 0) is 5.41 Å². The summed E-state index contributed by atoms with van der Waals surface area (Å²) in [5.41, 5.74) is 2.63. The zero-order valence-electron chi connectivity index (χ0n) is 12.8. The van der Waals surface area contributed by atoms with Crippen molar-refractivity contribution in [2.24, 2.45) is 0 Å². The first-order valence-corrected chi connectivity index (χ1v) is 7.91. The third-order valence-electron chi connectivity index (χ3n) is 3.58. The molecule has 112 valence electrons. The van der Waals surface area contributed by atoms with Crippen molar-refractivity contribution >= 4 is 27.3 Å². The average Bonchev–Trinajstić information content (AvgIpc) is 2.88. The van der Waals surface area contributed by atoms with Crippen molar-refractivity contribution < 1.29 is 9.90 Å². The van der Waals surface area contributed by atoms with Gasteiger partial charge in [0.15, 0.2) is 5.01 Å². The van der Waals surface area contributed by atoms with E-state index in [0.717, 1.165) is 10.2 Å². The molecule has 3 nitrogen and oxygen atoms in total. The first-order valence-electron chi connectivity index (χ1n) is 7.09. The van der Waals surface area contributed by atoms with Gasteiger partial charge in [0.2, 0.25) is 5.78 Å². The number of benzene rings is 2. The molecule has 1 N–H and O–H groups in total. The lowest BCUT2D eigenvalue weighted by Crippen LogP contribution is -2.11. The smallest absolute Gasteiger partial charge is 0.221 e. The van der Waals surface area contributed by atoms with Gasteiger partial charge in [-0.15, -0.1) is 11.3 Å². The number of phenolic OH excluding ortho intramolecular Hbond substituents is 1. The average molecular weight is 311 g/mol. The third-order valence-corrected chi connectivity index (χ3v) is 4.60. The van der Waals surface area contributed by atoms with Crippen LogP contribution in [0.25, 0.3) is 10.2 Å². The van der Waals surface area contributed by atoms with Crippen LogP contribution in [0.2, 0.25) is 0 Å². The number of phenols is 1. The van der Waals surface area contributed by atoms with E-state index < -0.39 is 0 Å². The largest absolute Gasteiger partial charge is 0.508 e. The van der Waals surface area contributed by atoms with Gasteiger partial charge in [-0.3, -0.25) is 4.79 Å². The van der Waals surface area contributed by atoms with Crippen LogP contribution in [0, 0.1) is 0 Å². The van der Waals surface area contributed by atoms with Crippen LogP contribution in [0.15, 0.2) is 42.5 Å². The summed E-state index contributed by atoms with van der Waals surface area (Å²) < 4.78 is 0.815. The van der Waals surface area contributed by atoms with Crippen LogP contribution in [-0.4, -0.2) is 15.9 Å². The molecule has 0 saturated carbocycles. The maximum Gasteiger partial charge on any atom is 0.221 e. The van der Waals surface area contributed by atoms with E-state index in [-0.39, 0.29) is 16.9 Å². The second kappa shape index (κ2) is 5.21. The number of rotatable bonds is 2. The predicted molar refractivity (Wildman–Crippen MR) is 89.9 cm³/mol. The van der Waals surface area contributed by atoms with E-state index in [1.165, 1.54) is 16.9 Å². The molecule has 0 atom stereocenters. The topological polar surface area (TPSA) is 50.2 Å². The highest BCUT2D eigenvalue weighted by Crippen LogP contribution is 2.28. The lowest BCUT2D eigenvalue weighted by Gasteiger charge is -2.18. The van der Waals surface area contributed by atoms with Crippen LogP contribution in [0.5, 0.6) is 5.75 Å². The van der Waals surface area contributed by atoms with E-state index >= 15 is 0 Å². The Bertz CT molecular complexity index is 842. The molecule has 2 aromatic carbocycles. The number of ketones is 1. The fraction of sp³-hybridized carbons (Fsp3) is 0.222. The predicted octanol–water partition coefficient (Wildman–Crippen LogP) is 4.53. The van der Waals surface area contributed by atoms with Gasteiger partial charge in [0, 0.05) is 5.56 Å². The second-order valence-electron chi connectivity index (χ2n) is 6.33. The minimum atomic E-state index is -0.0823. The summed E-state index contributed by atoms with van der Waals surface area (Å²) in [6.45, 7) is 6.43. The number of nitrogens with zero attached hydrogens (tertiary/aromatic N) is 1. The van der Waals surface area contributed by atoms with Gasteiger partial charge in [0.05, 0.1) is 10.2 Å². The Kier molecular flexibility index (Phi) is 3.49. The van der Waals surface area contributed by atoms with Crippen LogP contribution in [0.3, 0.4) is 0 Å². The molecular weight excluding hydrogens is 294 g/mol. The van der Waals surface area contributed by atoms with Gasteiger partial charge in [-0.25, -0.2) is 4.98 Å². The first-order chi connectivity index (χ1) is 10.3. The fourth-order valence-corrected chi connectivity index (χ4v) is 3.22. The van der Waals surface area contributed by atoms with Gasteiger partial charge in [-0.2, -0.15) is 0 Å². The summed E-state index contributed by atoms with van der Waals surface area (Å²) in [6, 6.07) is 12.6. The van der Waals surface area contributed by atoms with Crippen molar-refractivity contribution in [1.82, 2.24) is 4.98 Å². The molecule has 0 fully saturated rings. The lowest BCUT2D eigenvalue weighted by molar-refractivity contribution is 0.103. The summed E-state index contributed by atoms with van der Waals surface area (Å²) in [4.78, 5) is 16.9. The second-order valence-corrected chi connectivity index (χ2v) is 7.36. The molecule has 0 bridgehead atoms. The number of carbonyl (C=O) groups is 1. The van der Waals surface area contributed by atoms with Crippen molar-refractivity contribution in [1.29, 1.82) is 0 Å². The quantitative estimate of drug-likeness (QED) is 0.707. The Morgan fingerprint density at radius 3 is 2.41 bits per heavy atom. The maximum absolute atomic E-state index is 12.5. The maximum atomic E-state index is 12.5. The van der Waals surface area contributed by atoms with Gasteiger partial charge in [-0.1, -0.05) is 45.0 Å². The van der Waals surface area contributed by atoms with Gasteiger partial charge >= 0.3 is 0 Å². The van der Waals surface area contributed by atoms with Crippen LogP contribution in [0.1, 0.15) is 41.7 Å². The number of thiazole rings is 1. The Hall–Kier alpha value is -2.20. The van der Waals surface area contributed by atoms with Crippen molar-refractivity contribution in [3.63, 3.8) is 0 Å². The lowest BCUT2D eigenvalue weighted by atomic mass is 9.86. The zero-order valence-corrected chi connectivity index (χ0v) is 13.6. The summed E-state index contributed by atoms with van der Waals surface area (Å²) in [5, 5.41) is 9.94. The van der Waals surface area contributed by atoms with Gasteiger partial charge in [0.25, 0.3) is 0 Å². The number of hydrogen-bond donors (Lipinski definition) is 1. The highest BCUT2D eigenvalue weighted by Gasteiger charge is 2.17. The molecule has 0 aliphatic rings. The zero-order chi connectivity index (χ0) is 15.9. The molecule has 0 aliphatic carbocycles.